The maximum absolute atomic E-state index is 4.63. The molecule has 20 heavy (non-hydrogen) atoms. The molecule has 0 aliphatic heterocycles. The fraction of sp³-hybridized carbons (Fsp3) is 0.176. The van der Waals surface area contributed by atoms with Gasteiger partial charge in [-0.3, -0.25) is 4.98 Å². The van der Waals surface area contributed by atoms with Crippen molar-refractivity contribution in [2.45, 2.75) is 20.3 Å². The van der Waals surface area contributed by atoms with Gasteiger partial charge in [0.15, 0.2) is 0 Å². The molecule has 1 heterocycles. The molecule has 0 saturated heterocycles. The number of halogens is 1. The summed E-state index contributed by atoms with van der Waals surface area (Å²) >= 11 is 3.42. The Labute approximate surface area is 127 Å². The van der Waals surface area contributed by atoms with E-state index in [0.717, 1.165) is 32.9 Å². The molecule has 0 radical (unpaired) electrons. The Morgan fingerprint density at radius 3 is 2.60 bits per heavy atom. The predicted molar refractivity (Wildman–Crippen MR) is 89.2 cm³/mol. The molecular weight excluding hydrogens is 312 g/mol. The lowest BCUT2D eigenvalue weighted by Crippen LogP contribution is -2.30. The Kier molecular flexibility index (Phi) is 5.24. The molecule has 0 spiro atoms. The van der Waals surface area contributed by atoms with Gasteiger partial charge in [-0.1, -0.05) is 49.4 Å². The fourth-order valence-corrected chi connectivity index (χ4v) is 2.18. The van der Waals surface area contributed by atoms with Gasteiger partial charge in [0.05, 0.1) is 15.7 Å². The van der Waals surface area contributed by atoms with E-state index in [2.05, 4.69) is 57.1 Å². The van der Waals surface area contributed by atoms with Crippen LogP contribution < -0.4 is 10.6 Å². The van der Waals surface area contributed by atoms with Crippen LogP contribution in [0.5, 0.6) is 0 Å². The van der Waals surface area contributed by atoms with Crippen molar-refractivity contribution in [3.05, 3.63) is 64.8 Å². The van der Waals surface area contributed by atoms with Gasteiger partial charge < -0.3 is 0 Å². The van der Waals surface area contributed by atoms with Gasteiger partial charge in [-0.25, -0.2) is 4.99 Å². The van der Waals surface area contributed by atoms with E-state index in [1.165, 1.54) is 0 Å². The average molecular weight is 329 g/mol. The molecule has 0 fully saturated rings. The number of nitrogens with zero attached hydrogens (tertiary/aromatic N) is 2. The number of aromatic nitrogens is 1. The molecule has 0 atom stereocenters. The van der Waals surface area contributed by atoms with Gasteiger partial charge >= 0.3 is 0 Å². The molecule has 0 aliphatic carbocycles. The van der Waals surface area contributed by atoms with Crippen LogP contribution >= 0.6 is 15.9 Å². The monoisotopic (exact) mass is 328 g/mol. The Bertz CT molecular complexity index is 714. The highest BCUT2D eigenvalue weighted by molar-refractivity contribution is 9.18. The molecule has 0 unspecified atom stereocenters. The van der Waals surface area contributed by atoms with Crippen LogP contribution in [-0.2, 0) is 0 Å². The first kappa shape index (κ1) is 14.7. The van der Waals surface area contributed by atoms with Crippen molar-refractivity contribution in [1.82, 2.24) is 4.98 Å². The second kappa shape index (κ2) is 7.15. The summed E-state index contributed by atoms with van der Waals surface area (Å²) in [6, 6.07) is 14.2. The molecule has 3 heteroatoms. The number of benzene rings is 1. The molecule has 1 aromatic carbocycles. The zero-order chi connectivity index (χ0) is 14.4. The Balaban J connectivity index is 2.85. The molecule has 2 aromatic rings. The minimum Gasteiger partial charge on any atom is -0.254 e. The average Bonchev–Trinajstić information content (AvgIpc) is 2.47. The van der Waals surface area contributed by atoms with Gasteiger partial charge in [-0.05, 0) is 40.6 Å². The maximum Gasteiger partial charge on any atom is 0.0973 e. The summed E-state index contributed by atoms with van der Waals surface area (Å²) in [5.41, 5.74) is 1.95. The first-order valence-corrected chi connectivity index (χ1v) is 7.43. The molecule has 0 amide bonds. The van der Waals surface area contributed by atoms with Crippen molar-refractivity contribution in [2.75, 3.05) is 0 Å². The van der Waals surface area contributed by atoms with Gasteiger partial charge in [0, 0.05) is 11.8 Å². The van der Waals surface area contributed by atoms with Crippen LogP contribution in [-0.4, -0.2) is 9.60 Å². The van der Waals surface area contributed by atoms with Gasteiger partial charge in [0.1, 0.15) is 0 Å². The smallest absolute Gasteiger partial charge is 0.0973 e. The highest BCUT2D eigenvalue weighted by Crippen LogP contribution is 2.12. The lowest BCUT2D eigenvalue weighted by atomic mass is 10.1. The van der Waals surface area contributed by atoms with E-state index in [1.807, 2.05) is 37.4 Å². The molecule has 2 nitrogen and oxygen atoms in total. The van der Waals surface area contributed by atoms with Crippen molar-refractivity contribution < 1.29 is 0 Å². The van der Waals surface area contributed by atoms with Crippen LogP contribution in [0.3, 0.4) is 0 Å². The zero-order valence-electron chi connectivity index (χ0n) is 11.7. The van der Waals surface area contributed by atoms with Gasteiger partial charge in [-0.2, -0.15) is 0 Å². The van der Waals surface area contributed by atoms with Crippen molar-refractivity contribution in [3.63, 3.8) is 0 Å². The summed E-state index contributed by atoms with van der Waals surface area (Å²) < 4.78 is 0.837. The summed E-state index contributed by atoms with van der Waals surface area (Å²) in [6.07, 6.45) is 4.95. The first-order chi connectivity index (χ1) is 9.72. The molecule has 2 rings (SSSR count). The molecule has 0 bridgehead atoms. The Morgan fingerprint density at radius 2 is 1.95 bits per heavy atom. The standard InChI is InChI=1S/C17H17BrN2/c1-3-8-14-11-7-12-19-16(14)17(20-13(2)18)15-9-5-4-6-10-15/h4-12H,3H2,1-2H3/b14-8+,17-16+,20-13?. The molecule has 102 valence electrons. The molecular formula is C17H17BrN2. The highest BCUT2D eigenvalue weighted by atomic mass is 79.9. The van der Waals surface area contributed by atoms with E-state index in [0.29, 0.717) is 0 Å². The summed E-state index contributed by atoms with van der Waals surface area (Å²) in [6.45, 7) is 4.05. The van der Waals surface area contributed by atoms with Gasteiger partial charge in [0.2, 0.25) is 0 Å². The number of hydrogen-bond donors (Lipinski definition) is 0. The third kappa shape index (κ3) is 3.64. The van der Waals surface area contributed by atoms with E-state index < -0.39 is 0 Å². The zero-order valence-corrected chi connectivity index (χ0v) is 13.3. The lowest BCUT2D eigenvalue weighted by Gasteiger charge is -2.03. The van der Waals surface area contributed by atoms with E-state index in [1.54, 1.807) is 0 Å². The van der Waals surface area contributed by atoms with Crippen molar-refractivity contribution >= 4 is 32.3 Å². The van der Waals surface area contributed by atoms with E-state index in [9.17, 15) is 0 Å². The largest absolute Gasteiger partial charge is 0.254 e. The second-order valence-corrected chi connectivity index (χ2v) is 5.52. The molecule has 0 aliphatic rings. The maximum atomic E-state index is 4.63. The minimum atomic E-state index is 0.837. The van der Waals surface area contributed by atoms with Crippen LogP contribution in [0.15, 0.2) is 53.7 Å². The van der Waals surface area contributed by atoms with Crippen LogP contribution in [0.1, 0.15) is 25.8 Å². The van der Waals surface area contributed by atoms with Gasteiger partial charge in [0.25, 0.3) is 0 Å². The second-order valence-electron chi connectivity index (χ2n) is 4.38. The number of hydrogen-bond acceptors (Lipinski definition) is 2. The van der Waals surface area contributed by atoms with Crippen molar-refractivity contribution in [2.24, 2.45) is 4.99 Å². The van der Waals surface area contributed by atoms with Crippen LogP contribution in [0.4, 0.5) is 0 Å². The summed E-state index contributed by atoms with van der Waals surface area (Å²) in [5.74, 6) is 0. The summed E-state index contributed by atoms with van der Waals surface area (Å²) in [4.78, 5) is 9.16. The quantitative estimate of drug-likeness (QED) is 0.794. The predicted octanol–water partition coefficient (Wildman–Crippen LogP) is 3.24. The number of pyridine rings is 1. The first-order valence-electron chi connectivity index (χ1n) is 6.64. The Hall–Kier alpha value is -1.74. The number of aliphatic imine (C=N–C) groups is 1. The van der Waals surface area contributed by atoms with Crippen molar-refractivity contribution in [3.8, 4) is 0 Å². The molecule has 0 saturated carbocycles. The normalized spacial score (nSPS) is 14.3. The fourth-order valence-electron chi connectivity index (χ4n) is 2.00. The number of rotatable bonds is 3. The topological polar surface area (TPSA) is 25.2 Å². The van der Waals surface area contributed by atoms with E-state index in [4.69, 9.17) is 0 Å². The highest BCUT2D eigenvalue weighted by Gasteiger charge is 2.03. The Morgan fingerprint density at radius 1 is 1.20 bits per heavy atom. The van der Waals surface area contributed by atoms with Crippen LogP contribution in [0.25, 0.3) is 11.8 Å². The SMILES string of the molecule is CC/C=c1\cccn\c1=C(\N=C(C)Br)c1ccccc1. The summed E-state index contributed by atoms with van der Waals surface area (Å²) in [7, 11) is 0. The van der Waals surface area contributed by atoms with E-state index in [-0.39, 0.29) is 0 Å². The summed E-state index contributed by atoms with van der Waals surface area (Å²) in [5, 5.41) is 2.03. The third-order valence-corrected chi connectivity index (χ3v) is 2.98. The van der Waals surface area contributed by atoms with Gasteiger partial charge in [-0.15, -0.1) is 0 Å². The lowest BCUT2D eigenvalue weighted by molar-refractivity contribution is 1.17. The minimum absolute atomic E-state index is 0.837. The third-order valence-electron chi connectivity index (χ3n) is 2.80. The van der Waals surface area contributed by atoms with Crippen molar-refractivity contribution in [1.29, 1.82) is 0 Å². The van der Waals surface area contributed by atoms with Crippen LogP contribution in [0, 0.1) is 0 Å². The van der Waals surface area contributed by atoms with E-state index >= 15 is 0 Å². The van der Waals surface area contributed by atoms with Crippen LogP contribution in [0.2, 0.25) is 0 Å². The molecule has 1 aromatic heterocycles. The molecule has 0 N–H and O–H groups in total.